The Morgan fingerprint density at radius 2 is 1.78 bits per heavy atom. The maximum atomic E-state index is 13.3. The van der Waals surface area contributed by atoms with E-state index in [9.17, 15) is 12.8 Å². The van der Waals surface area contributed by atoms with Crippen LogP contribution in [0.3, 0.4) is 0 Å². The van der Waals surface area contributed by atoms with Gasteiger partial charge in [0.15, 0.2) is 5.15 Å². The lowest BCUT2D eigenvalue weighted by molar-refractivity contribution is 0.00578. The van der Waals surface area contributed by atoms with Crippen LogP contribution in [0.5, 0.6) is 0 Å². The summed E-state index contributed by atoms with van der Waals surface area (Å²) in [7, 11) is -4.82. The van der Waals surface area contributed by atoms with Crippen LogP contribution in [-0.2, 0) is 19.3 Å². The van der Waals surface area contributed by atoms with Gasteiger partial charge in [0.25, 0.3) is 10.0 Å². The Bertz CT molecular complexity index is 971. The average Bonchev–Trinajstić information content (AvgIpc) is 2.77. The van der Waals surface area contributed by atoms with E-state index in [1.165, 1.54) is 18.3 Å². The zero-order chi connectivity index (χ0) is 20.0. The number of nitrogens with one attached hydrogen (secondary N) is 1. The third-order valence-electron chi connectivity index (χ3n) is 4.64. The molecule has 11 heteroatoms. The van der Waals surface area contributed by atoms with Crippen molar-refractivity contribution >= 4 is 39.9 Å². The molecule has 3 rings (SSSR count). The number of pyridine rings is 2. The van der Waals surface area contributed by atoms with E-state index in [2.05, 4.69) is 14.7 Å². The van der Waals surface area contributed by atoms with Gasteiger partial charge in [0.1, 0.15) is 0 Å². The van der Waals surface area contributed by atoms with Gasteiger partial charge in [-0.3, -0.25) is 4.72 Å². The Kier molecular flexibility index (Phi) is 4.96. The normalized spacial score (nSPS) is 18.5. The largest absolute Gasteiger partial charge is 0.496 e. The fourth-order valence-electron chi connectivity index (χ4n) is 2.40. The molecular weight excluding hydrogens is 396 g/mol. The van der Waals surface area contributed by atoms with Crippen molar-refractivity contribution in [2.24, 2.45) is 0 Å². The Hall–Kier alpha value is -1.75. The molecule has 0 saturated carbocycles. The molecule has 1 N–H and O–H groups in total. The van der Waals surface area contributed by atoms with Gasteiger partial charge in [0.05, 0.1) is 21.8 Å². The first-order chi connectivity index (χ1) is 12.4. The summed E-state index contributed by atoms with van der Waals surface area (Å²) < 4.78 is 52.4. The second-order valence-electron chi connectivity index (χ2n) is 7.12. The molecule has 0 aromatic carbocycles. The molecule has 144 valence electrons. The molecule has 1 aliphatic heterocycles. The first-order valence-electron chi connectivity index (χ1n) is 8.07. The van der Waals surface area contributed by atoms with Crippen LogP contribution < -0.4 is 10.2 Å². The number of hydrogen-bond acceptors (Lipinski definition) is 6. The standard InChI is InChI=1S/C16H18BClFN3O4S/c1-15(2)16(3,4)26-17(25-15)10-7-12(14(18)21-9-10)22-27(23,24)11-5-6-20-13(19)8-11/h5-9,22H,1-4H3. The van der Waals surface area contributed by atoms with Gasteiger partial charge in [-0.05, 0) is 39.8 Å². The number of rotatable bonds is 4. The summed E-state index contributed by atoms with van der Waals surface area (Å²) in [4.78, 5) is 7.06. The second kappa shape index (κ2) is 6.70. The van der Waals surface area contributed by atoms with Gasteiger partial charge in [-0.25, -0.2) is 18.4 Å². The summed E-state index contributed by atoms with van der Waals surface area (Å²) in [5.41, 5.74) is -0.602. The van der Waals surface area contributed by atoms with Crippen molar-refractivity contribution in [2.75, 3.05) is 4.72 Å². The Morgan fingerprint density at radius 3 is 2.37 bits per heavy atom. The highest BCUT2D eigenvalue weighted by Gasteiger charge is 2.51. The fourth-order valence-corrected chi connectivity index (χ4v) is 3.66. The number of sulfonamides is 1. The van der Waals surface area contributed by atoms with Crippen LogP contribution in [0, 0.1) is 5.95 Å². The van der Waals surface area contributed by atoms with Crippen LogP contribution in [0.25, 0.3) is 0 Å². The first kappa shape index (κ1) is 20.0. The number of nitrogens with zero attached hydrogens (tertiary/aromatic N) is 2. The molecule has 1 aliphatic rings. The zero-order valence-electron chi connectivity index (χ0n) is 15.2. The molecule has 0 unspecified atom stereocenters. The van der Waals surface area contributed by atoms with Crippen molar-refractivity contribution in [3.8, 4) is 0 Å². The average molecular weight is 414 g/mol. The van der Waals surface area contributed by atoms with Crippen LogP contribution in [0.15, 0.2) is 35.5 Å². The monoisotopic (exact) mass is 413 g/mol. The van der Waals surface area contributed by atoms with Crippen LogP contribution in [0.2, 0.25) is 5.15 Å². The molecule has 0 amide bonds. The quantitative estimate of drug-likeness (QED) is 0.611. The third kappa shape index (κ3) is 3.93. The summed E-state index contributed by atoms with van der Waals surface area (Å²) in [5, 5.41) is -0.0617. The van der Waals surface area contributed by atoms with E-state index >= 15 is 0 Å². The van der Waals surface area contributed by atoms with Crippen LogP contribution in [0.1, 0.15) is 27.7 Å². The number of anilines is 1. The molecule has 0 radical (unpaired) electrons. The van der Waals surface area contributed by atoms with E-state index in [-0.39, 0.29) is 15.7 Å². The third-order valence-corrected chi connectivity index (χ3v) is 6.30. The molecule has 1 saturated heterocycles. The molecule has 0 aliphatic carbocycles. The van der Waals surface area contributed by atoms with E-state index in [4.69, 9.17) is 20.9 Å². The number of aromatic nitrogens is 2. The maximum absolute atomic E-state index is 13.3. The van der Waals surface area contributed by atoms with Crippen molar-refractivity contribution in [3.63, 3.8) is 0 Å². The molecule has 0 atom stereocenters. The minimum atomic E-state index is -4.08. The summed E-state index contributed by atoms with van der Waals surface area (Å²) in [5.74, 6) is -0.909. The highest BCUT2D eigenvalue weighted by Crippen LogP contribution is 2.36. The topological polar surface area (TPSA) is 90.4 Å². The molecule has 3 heterocycles. The lowest BCUT2D eigenvalue weighted by atomic mass is 9.80. The lowest BCUT2D eigenvalue weighted by Gasteiger charge is -2.32. The predicted octanol–water partition coefficient (Wildman–Crippen LogP) is 2.37. The predicted molar refractivity (Wildman–Crippen MR) is 100.0 cm³/mol. The Morgan fingerprint density at radius 1 is 1.15 bits per heavy atom. The van der Waals surface area contributed by atoms with Gasteiger partial charge in [-0.15, -0.1) is 0 Å². The highest BCUT2D eigenvalue weighted by molar-refractivity contribution is 7.92. The van der Waals surface area contributed by atoms with Crippen molar-refractivity contribution in [1.29, 1.82) is 0 Å². The van der Waals surface area contributed by atoms with Crippen LogP contribution >= 0.6 is 11.6 Å². The fraction of sp³-hybridized carbons (Fsp3) is 0.375. The minimum absolute atomic E-state index is 0.0288. The molecular formula is C16H18BClFN3O4S. The maximum Gasteiger partial charge on any atom is 0.496 e. The first-order valence-corrected chi connectivity index (χ1v) is 9.93. The minimum Gasteiger partial charge on any atom is -0.399 e. The smallest absolute Gasteiger partial charge is 0.399 e. The Labute approximate surface area is 162 Å². The lowest BCUT2D eigenvalue weighted by Crippen LogP contribution is -2.41. The van der Waals surface area contributed by atoms with E-state index in [0.717, 1.165) is 12.3 Å². The van der Waals surface area contributed by atoms with E-state index in [1.54, 1.807) is 0 Å². The van der Waals surface area contributed by atoms with Crippen molar-refractivity contribution < 1.29 is 22.1 Å². The number of hydrogen-bond donors (Lipinski definition) is 1. The molecule has 1 fully saturated rings. The number of halogens is 2. The molecule has 2 aromatic rings. The van der Waals surface area contributed by atoms with E-state index in [0.29, 0.717) is 5.46 Å². The molecule has 0 bridgehead atoms. The summed E-state index contributed by atoms with van der Waals surface area (Å²) in [6.07, 6.45) is 2.51. The molecule has 7 nitrogen and oxygen atoms in total. The van der Waals surface area contributed by atoms with Gasteiger partial charge in [0.2, 0.25) is 5.95 Å². The van der Waals surface area contributed by atoms with Crippen LogP contribution in [0.4, 0.5) is 10.1 Å². The van der Waals surface area contributed by atoms with Gasteiger partial charge in [0, 0.05) is 23.9 Å². The Balaban J connectivity index is 1.91. The summed E-state index contributed by atoms with van der Waals surface area (Å²) in [6.45, 7) is 7.60. The van der Waals surface area contributed by atoms with Gasteiger partial charge >= 0.3 is 7.12 Å². The highest BCUT2D eigenvalue weighted by atomic mass is 35.5. The van der Waals surface area contributed by atoms with Gasteiger partial charge < -0.3 is 9.31 Å². The van der Waals surface area contributed by atoms with E-state index in [1.807, 2.05) is 27.7 Å². The molecule has 2 aromatic heterocycles. The van der Waals surface area contributed by atoms with Crippen molar-refractivity contribution in [2.45, 2.75) is 43.8 Å². The molecule has 0 spiro atoms. The van der Waals surface area contributed by atoms with Gasteiger partial charge in [-0.2, -0.15) is 4.39 Å². The molecule has 27 heavy (non-hydrogen) atoms. The van der Waals surface area contributed by atoms with Crippen molar-refractivity contribution in [1.82, 2.24) is 9.97 Å². The van der Waals surface area contributed by atoms with Crippen LogP contribution in [-0.4, -0.2) is 36.7 Å². The summed E-state index contributed by atoms with van der Waals surface area (Å²) >= 11 is 6.03. The SMILES string of the molecule is CC1(C)OB(c2cnc(Cl)c(NS(=O)(=O)c3ccnc(F)c3)c2)OC1(C)C. The zero-order valence-corrected chi connectivity index (χ0v) is 16.7. The van der Waals surface area contributed by atoms with Crippen molar-refractivity contribution in [3.05, 3.63) is 41.7 Å². The van der Waals surface area contributed by atoms with Gasteiger partial charge in [-0.1, -0.05) is 11.6 Å². The van der Waals surface area contributed by atoms with E-state index < -0.39 is 34.3 Å². The second-order valence-corrected chi connectivity index (χ2v) is 9.16. The summed E-state index contributed by atoms with van der Waals surface area (Å²) in [6, 6.07) is 3.46.